The first-order valence-corrected chi connectivity index (χ1v) is 10.1. The highest BCUT2D eigenvalue weighted by Crippen LogP contribution is 2.28. The molecule has 0 radical (unpaired) electrons. The molecule has 0 fully saturated rings. The van der Waals surface area contributed by atoms with Crippen LogP contribution in [0.15, 0.2) is 71.8 Å². The fourth-order valence-electron chi connectivity index (χ4n) is 2.65. The summed E-state index contributed by atoms with van der Waals surface area (Å²) < 4.78 is 21.2. The third-order valence-corrected chi connectivity index (χ3v) is 4.63. The molecule has 8 nitrogen and oxygen atoms in total. The lowest BCUT2D eigenvalue weighted by molar-refractivity contribution is -0.123. The summed E-state index contributed by atoms with van der Waals surface area (Å²) in [6.07, 6.45) is 1.42. The molecule has 0 aliphatic rings. The fraction of sp³-hybridized carbons (Fsp3) is 0.125. The molecule has 0 aromatic heterocycles. The topological polar surface area (TPSA) is 95.5 Å². The summed E-state index contributed by atoms with van der Waals surface area (Å²) in [5.74, 6) is 0.617. The van der Waals surface area contributed by atoms with E-state index >= 15 is 0 Å². The first kappa shape index (κ1) is 23.6. The van der Waals surface area contributed by atoms with Gasteiger partial charge < -0.3 is 18.9 Å². The van der Waals surface area contributed by atoms with Gasteiger partial charge in [-0.15, -0.1) is 0 Å². The van der Waals surface area contributed by atoms with Crippen LogP contribution in [0.5, 0.6) is 23.0 Å². The van der Waals surface area contributed by atoms with Crippen LogP contribution in [0.2, 0.25) is 5.02 Å². The van der Waals surface area contributed by atoms with Crippen molar-refractivity contribution in [3.05, 3.63) is 82.9 Å². The number of esters is 1. The number of hydrogen-bond donors (Lipinski definition) is 1. The minimum atomic E-state index is -0.539. The maximum Gasteiger partial charge on any atom is 0.343 e. The lowest BCUT2D eigenvalue weighted by Gasteiger charge is -2.10. The second-order valence-corrected chi connectivity index (χ2v) is 6.95. The third-order valence-electron chi connectivity index (χ3n) is 4.31. The molecule has 3 aromatic rings. The van der Waals surface area contributed by atoms with Crippen molar-refractivity contribution >= 4 is 29.7 Å². The molecule has 1 N–H and O–H groups in total. The summed E-state index contributed by atoms with van der Waals surface area (Å²) in [5.41, 5.74) is 3.34. The highest BCUT2D eigenvalue weighted by Gasteiger charge is 2.13. The first-order chi connectivity index (χ1) is 16.0. The standard InChI is InChI=1S/C24H21ClN2O6/c1-30-18-10-8-17(9-11-18)24(29)33-21-12-7-16(13-22(21)31-2)14-26-27-23(28)15-32-20-6-4-3-5-19(20)25/h3-14H,15H2,1-2H3,(H,27,28)/b26-14+. The zero-order valence-corrected chi connectivity index (χ0v) is 18.7. The number of carbonyl (C=O) groups excluding carboxylic acids is 2. The number of hydrazone groups is 1. The maximum absolute atomic E-state index is 12.4. The van der Waals surface area contributed by atoms with Crippen molar-refractivity contribution in [2.45, 2.75) is 0 Å². The molecular formula is C24H21ClN2O6. The van der Waals surface area contributed by atoms with Crippen LogP contribution in [0.3, 0.4) is 0 Å². The average Bonchev–Trinajstić information content (AvgIpc) is 2.84. The van der Waals surface area contributed by atoms with Crippen molar-refractivity contribution < 1.29 is 28.5 Å². The SMILES string of the molecule is COc1ccc(C(=O)Oc2ccc(/C=N/NC(=O)COc3ccccc3Cl)cc2OC)cc1. The minimum absolute atomic E-state index is 0.243. The number of methoxy groups -OCH3 is 2. The largest absolute Gasteiger partial charge is 0.497 e. The first-order valence-electron chi connectivity index (χ1n) is 9.73. The number of ether oxygens (including phenoxy) is 4. The molecule has 0 heterocycles. The van der Waals surface area contributed by atoms with E-state index < -0.39 is 11.9 Å². The molecule has 1 amide bonds. The molecule has 0 saturated carbocycles. The quantitative estimate of drug-likeness (QED) is 0.220. The molecule has 3 aromatic carbocycles. The van der Waals surface area contributed by atoms with Gasteiger partial charge in [0.1, 0.15) is 11.5 Å². The number of nitrogens with one attached hydrogen (secondary N) is 1. The van der Waals surface area contributed by atoms with E-state index in [1.165, 1.54) is 13.3 Å². The monoisotopic (exact) mass is 468 g/mol. The molecule has 0 aliphatic carbocycles. The molecule has 3 rings (SSSR count). The van der Waals surface area contributed by atoms with Crippen LogP contribution in [-0.4, -0.2) is 38.9 Å². The van der Waals surface area contributed by atoms with Gasteiger partial charge in [-0.05, 0) is 60.2 Å². The lowest BCUT2D eigenvalue weighted by atomic mass is 10.2. The smallest absolute Gasteiger partial charge is 0.343 e. The zero-order valence-electron chi connectivity index (χ0n) is 17.9. The molecule has 33 heavy (non-hydrogen) atoms. The number of para-hydroxylation sites is 1. The van der Waals surface area contributed by atoms with Gasteiger partial charge >= 0.3 is 5.97 Å². The number of rotatable bonds is 9. The van der Waals surface area contributed by atoms with E-state index in [4.69, 9.17) is 30.5 Å². The van der Waals surface area contributed by atoms with Crippen LogP contribution < -0.4 is 24.4 Å². The Balaban J connectivity index is 1.57. The van der Waals surface area contributed by atoms with Gasteiger partial charge in [-0.2, -0.15) is 5.10 Å². The van der Waals surface area contributed by atoms with Crippen LogP contribution in [-0.2, 0) is 4.79 Å². The summed E-state index contributed by atoms with van der Waals surface area (Å²) >= 11 is 5.98. The Morgan fingerprint density at radius 3 is 2.39 bits per heavy atom. The molecule has 0 atom stereocenters. The van der Waals surface area contributed by atoms with Crippen LogP contribution in [0, 0.1) is 0 Å². The molecule has 0 aliphatic heterocycles. The van der Waals surface area contributed by atoms with Crippen LogP contribution >= 0.6 is 11.6 Å². The number of carbonyl (C=O) groups is 2. The van der Waals surface area contributed by atoms with Crippen molar-refractivity contribution in [3.8, 4) is 23.0 Å². The van der Waals surface area contributed by atoms with E-state index in [1.54, 1.807) is 73.8 Å². The fourth-order valence-corrected chi connectivity index (χ4v) is 2.84. The van der Waals surface area contributed by atoms with E-state index in [9.17, 15) is 9.59 Å². The average molecular weight is 469 g/mol. The van der Waals surface area contributed by atoms with Crippen molar-refractivity contribution in [2.24, 2.45) is 5.10 Å². The molecule has 170 valence electrons. The number of amides is 1. The molecule has 0 bridgehead atoms. The second kappa shape index (κ2) is 11.5. The van der Waals surface area contributed by atoms with Gasteiger partial charge in [0.15, 0.2) is 18.1 Å². The number of nitrogens with zero attached hydrogens (tertiary/aromatic N) is 1. The third kappa shape index (κ3) is 6.72. The van der Waals surface area contributed by atoms with Gasteiger partial charge in [0.05, 0.1) is 31.0 Å². The molecule has 0 spiro atoms. The Hall–Kier alpha value is -4.04. The lowest BCUT2D eigenvalue weighted by Crippen LogP contribution is -2.24. The van der Waals surface area contributed by atoms with Gasteiger partial charge in [-0.25, -0.2) is 10.2 Å². The predicted molar refractivity (Wildman–Crippen MR) is 124 cm³/mol. The Labute approximate surface area is 195 Å². The summed E-state index contributed by atoms with van der Waals surface area (Å²) in [5, 5.41) is 4.30. The zero-order chi connectivity index (χ0) is 23.6. The van der Waals surface area contributed by atoms with Gasteiger partial charge in [-0.3, -0.25) is 4.79 Å². The van der Waals surface area contributed by atoms with Gasteiger partial charge in [0, 0.05) is 0 Å². The van der Waals surface area contributed by atoms with E-state index in [1.807, 2.05) is 0 Å². The van der Waals surface area contributed by atoms with E-state index in [0.29, 0.717) is 33.4 Å². The van der Waals surface area contributed by atoms with E-state index in [2.05, 4.69) is 10.5 Å². The van der Waals surface area contributed by atoms with Crippen molar-refractivity contribution in [3.63, 3.8) is 0 Å². The minimum Gasteiger partial charge on any atom is -0.497 e. The highest BCUT2D eigenvalue weighted by molar-refractivity contribution is 6.32. The highest BCUT2D eigenvalue weighted by atomic mass is 35.5. The second-order valence-electron chi connectivity index (χ2n) is 6.54. The summed E-state index contributed by atoms with van der Waals surface area (Å²) in [7, 11) is 3.00. The Morgan fingerprint density at radius 1 is 0.939 bits per heavy atom. The summed E-state index contributed by atoms with van der Waals surface area (Å²) in [6.45, 7) is -0.245. The van der Waals surface area contributed by atoms with E-state index in [0.717, 1.165) is 0 Å². The number of benzene rings is 3. The Kier molecular flexibility index (Phi) is 8.26. The number of halogens is 1. The molecule has 0 unspecified atom stereocenters. The predicted octanol–water partition coefficient (Wildman–Crippen LogP) is 4.11. The van der Waals surface area contributed by atoms with Gasteiger partial charge in [-0.1, -0.05) is 23.7 Å². The van der Waals surface area contributed by atoms with Gasteiger partial charge in [0.25, 0.3) is 5.91 Å². The molecular weight excluding hydrogens is 448 g/mol. The van der Waals surface area contributed by atoms with Crippen molar-refractivity contribution in [2.75, 3.05) is 20.8 Å². The van der Waals surface area contributed by atoms with E-state index in [-0.39, 0.29) is 12.4 Å². The molecule has 9 heteroatoms. The van der Waals surface area contributed by atoms with Crippen LogP contribution in [0.4, 0.5) is 0 Å². The Morgan fingerprint density at radius 2 is 1.70 bits per heavy atom. The maximum atomic E-state index is 12.4. The number of hydrogen-bond acceptors (Lipinski definition) is 7. The van der Waals surface area contributed by atoms with Gasteiger partial charge in [0.2, 0.25) is 0 Å². The Bertz CT molecular complexity index is 1150. The normalized spacial score (nSPS) is 10.5. The summed E-state index contributed by atoms with van der Waals surface area (Å²) in [6, 6.07) is 18.2. The van der Waals surface area contributed by atoms with Crippen LogP contribution in [0.25, 0.3) is 0 Å². The van der Waals surface area contributed by atoms with Crippen molar-refractivity contribution in [1.29, 1.82) is 0 Å². The summed E-state index contributed by atoms with van der Waals surface area (Å²) in [4.78, 5) is 24.3. The van der Waals surface area contributed by atoms with Crippen LogP contribution in [0.1, 0.15) is 15.9 Å². The molecule has 0 saturated heterocycles. The van der Waals surface area contributed by atoms with Crippen molar-refractivity contribution in [1.82, 2.24) is 5.43 Å².